The van der Waals surface area contributed by atoms with E-state index < -0.39 is 0 Å². The van der Waals surface area contributed by atoms with Crippen molar-refractivity contribution in [2.45, 2.75) is 25.4 Å². The molecule has 0 aromatic carbocycles. The van der Waals surface area contributed by atoms with Gasteiger partial charge in [0, 0.05) is 25.4 Å². The number of nitrogens with one attached hydrogen (secondary N) is 3. The van der Waals surface area contributed by atoms with Crippen molar-refractivity contribution < 1.29 is 9.53 Å². The highest BCUT2D eigenvalue weighted by atomic mass is 16.5. The first-order valence-electron chi connectivity index (χ1n) is 7.05. The van der Waals surface area contributed by atoms with Gasteiger partial charge >= 0.3 is 0 Å². The first-order chi connectivity index (χ1) is 9.75. The summed E-state index contributed by atoms with van der Waals surface area (Å²) in [6.07, 6.45) is 4.68. The minimum absolute atomic E-state index is 0.178. The number of aromatic nitrogens is 1. The number of H-pyrrole nitrogens is 1. The van der Waals surface area contributed by atoms with Crippen molar-refractivity contribution in [2.75, 3.05) is 26.2 Å². The van der Waals surface area contributed by atoms with E-state index in [4.69, 9.17) is 4.74 Å². The zero-order valence-corrected chi connectivity index (χ0v) is 11.5. The third-order valence-electron chi connectivity index (χ3n) is 3.29. The Hall–Kier alpha value is -1.66. The molecule has 3 N–H and O–H groups in total. The van der Waals surface area contributed by atoms with Crippen LogP contribution in [0.3, 0.4) is 0 Å². The molecule has 0 radical (unpaired) electrons. The van der Waals surface area contributed by atoms with E-state index in [1.54, 1.807) is 0 Å². The number of carbonyl (C=O) groups is 1. The number of hydrogen-bond donors (Lipinski definition) is 3. The van der Waals surface area contributed by atoms with Crippen LogP contribution in [0.2, 0.25) is 0 Å². The minimum atomic E-state index is -0.211. The van der Waals surface area contributed by atoms with Crippen molar-refractivity contribution in [3.8, 4) is 0 Å². The Morgan fingerprint density at radius 3 is 2.85 bits per heavy atom. The van der Waals surface area contributed by atoms with Gasteiger partial charge in [0.1, 0.15) is 0 Å². The molecule has 1 saturated heterocycles. The predicted octanol–water partition coefficient (Wildman–Crippen LogP) is 0.263. The second kappa shape index (κ2) is 7.81. The van der Waals surface area contributed by atoms with Crippen LogP contribution >= 0.6 is 0 Å². The van der Waals surface area contributed by atoms with Crippen molar-refractivity contribution in [3.05, 3.63) is 34.2 Å². The summed E-state index contributed by atoms with van der Waals surface area (Å²) in [5, 5.41) is 6.09. The van der Waals surface area contributed by atoms with Crippen LogP contribution in [0, 0.1) is 0 Å². The topological polar surface area (TPSA) is 83.2 Å². The van der Waals surface area contributed by atoms with E-state index in [1.165, 1.54) is 18.3 Å². The van der Waals surface area contributed by atoms with E-state index >= 15 is 0 Å². The Morgan fingerprint density at radius 1 is 1.35 bits per heavy atom. The highest BCUT2D eigenvalue weighted by Gasteiger charge is 2.12. The van der Waals surface area contributed by atoms with Gasteiger partial charge in [-0.05, 0) is 38.4 Å². The van der Waals surface area contributed by atoms with Gasteiger partial charge < -0.3 is 20.4 Å². The fourth-order valence-electron chi connectivity index (χ4n) is 2.14. The molecule has 1 amide bonds. The van der Waals surface area contributed by atoms with Gasteiger partial charge in [0.2, 0.25) is 5.56 Å². The molecule has 110 valence electrons. The maximum absolute atomic E-state index is 11.7. The van der Waals surface area contributed by atoms with E-state index in [1.807, 2.05) is 0 Å². The standard InChI is InChI=1S/C14H21N3O3/c18-13-3-2-11(10-17-13)14(19)16-6-1-9-20-12-4-7-15-8-5-12/h2-3,10,12,15H,1,4-9H2,(H,16,19)(H,17,18). The van der Waals surface area contributed by atoms with Gasteiger partial charge in [-0.3, -0.25) is 9.59 Å². The lowest BCUT2D eigenvalue weighted by Crippen LogP contribution is -2.33. The number of pyridine rings is 1. The van der Waals surface area contributed by atoms with Crippen molar-refractivity contribution in [3.63, 3.8) is 0 Å². The maximum Gasteiger partial charge on any atom is 0.252 e. The first kappa shape index (κ1) is 14.7. The van der Waals surface area contributed by atoms with Crippen LogP contribution in [0.5, 0.6) is 0 Å². The second-order valence-electron chi connectivity index (χ2n) is 4.87. The summed E-state index contributed by atoms with van der Waals surface area (Å²) in [5.41, 5.74) is 0.251. The smallest absolute Gasteiger partial charge is 0.252 e. The molecule has 1 fully saturated rings. The van der Waals surface area contributed by atoms with Gasteiger partial charge in [0.15, 0.2) is 0 Å². The highest BCUT2D eigenvalue weighted by molar-refractivity contribution is 5.93. The van der Waals surface area contributed by atoms with Gasteiger partial charge in [-0.2, -0.15) is 0 Å². The summed E-state index contributed by atoms with van der Waals surface area (Å²) in [4.78, 5) is 25.1. The molecule has 0 spiro atoms. The minimum Gasteiger partial charge on any atom is -0.378 e. The molecular formula is C14H21N3O3. The van der Waals surface area contributed by atoms with E-state index in [0.717, 1.165) is 32.4 Å². The zero-order valence-electron chi connectivity index (χ0n) is 11.5. The Labute approximate surface area is 117 Å². The Balaban J connectivity index is 1.59. The van der Waals surface area contributed by atoms with Crippen molar-refractivity contribution in [1.82, 2.24) is 15.6 Å². The summed E-state index contributed by atoms with van der Waals surface area (Å²) in [6, 6.07) is 2.86. The molecule has 20 heavy (non-hydrogen) atoms. The van der Waals surface area contributed by atoms with Crippen LogP contribution in [0.15, 0.2) is 23.1 Å². The van der Waals surface area contributed by atoms with E-state index in [-0.39, 0.29) is 11.5 Å². The average Bonchev–Trinajstić information content (AvgIpc) is 2.48. The van der Waals surface area contributed by atoms with Crippen molar-refractivity contribution in [2.24, 2.45) is 0 Å². The Morgan fingerprint density at radius 2 is 2.15 bits per heavy atom. The molecule has 1 aromatic rings. The van der Waals surface area contributed by atoms with Crippen LogP contribution in [0.4, 0.5) is 0 Å². The van der Waals surface area contributed by atoms with Crippen LogP contribution in [0.1, 0.15) is 29.6 Å². The monoisotopic (exact) mass is 279 g/mol. The Kier molecular flexibility index (Phi) is 5.76. The molecule has 1 aromatic heterocycles. The van der Waals surface area contributed by atoms with Crippen LogP contribution in [0.25, 0.3) is 0 Å². The predicted molar refractivity (Wildman–Crippen MR) is 75.9 cm³/mol. The molecule has 6 nitrogen and oxygen atoms in total. The number of aromatic amines is 1. The molecule has 0 unspecified atom stereocenters. The number of hydrogen-bond acceptors (Lipinski definition) is 4. The van der Waals surface area contributed by atoms with Gasteiger partial charge in [-0.15, -0.1) is 0 Å². The summed E-state index contributed by atoms with van der Waals surface area (Å²) >= 11 is 0. The van der Waals surface area contributed by atoms with Gasteiger partial charge in [-0.25, -0.2) is 0 Å². The van der Waals surface area contributed by atoms with E-state index in [2.05, 4.69) is 15.6 Å². The highest BCUT2D eigenvalue weighted by Crippen LogP contribution is 2.07. The third kappa shape index (κ3) is 4.79. The lowest BCUT2D eigenvalue weighted by molar-refractivity contribution is 0.0318. The molecule has 0 atom stereocenters. The number of carbonyl (C=O) groups excluding carboxylic acids is 1. The lowest BCUT2D eigenvalue weighted by atomic mass is 10.1. The van der Waals surface area contributed by atoms with Crippen LogP contribution < -0.4 is 16.2 Å². The lowest BCUT2D eigenvalue weighted by Gasteiger charge is -2.22. The van der Waals surface area contributed by atoms with Crippen LogP contribution in [-0.4, -0.2) is 43.2 Å². The molecule has 0 bridgehead atoms. The first-order valence-corrected chi connectivity index (χ1v) is 7.05. The molecular weight excluding hydrogens is 258 g/mol. The number of amides is 1. The van der Waals surface area contributed by atoms with E-state index in [0.29, 0.717) is 24.8 Å². The quantitative estimate of drug-likeness (QED) is 0.652. The molecule has 0 saturated carbocycles. The number of ether oxygens (including phenoxy) is 1. The molecule has 1 aliphatic heterocycles. The van der Waals surface area contributed by atoms with Crippen molar-refractivity contribution in [1.29, 1.82) is 0 Å². The largest absolute Gasteiger partial charge is 0.378 e. The summed E-state index contributed by atoms with van der Waals surface area (Å²) < 4.78 is 5.75. The number of rotatable bonds is 6. The molecule has 6 heteroatoms. The normalized spacial score (nSPS) is 16.0. The molecule has 1 aliphatic rings. The average molecular weight is 279 g/mol. The fraction of sp³-hybridized carbons (Fsp3) is 0.571. The van der Waals surface area contributed by atoms with Gasteiger partial charge in [0.25, 0.3) is 5.91 Å². The summed E-state index contributed by atoms with van der Waals surface area (Å²) in [7, 11) is 0. The van der Waals surface area contributed by atoms with Gasteiger partial charge in [0.05, 0.1) is 11.7 Å². The SMILES string of the molecule is O=C(NCCCOC1CCNCC1)c1ccc(=O)[nH]c1. The molecule has 0 aliphatic carbocycles. The second-order valence-corrected chi connectivity index (χ2v) is 4.87. The fourth-order valence-corrected chi connectivity index (χ4v) is 2.14. The number of piperidine rings is 1. The third-order valence-corrected chi connectivity index (χ3v) is 3.29. The Bertz CT molecular complexity index is 460. The molecule has 2 rings (SSSR count). The summed E-state index contributed by atoms with van der Waals surface area (Å²) in [6.45, 7) is 3.28. The molecule has 2 heterocycles. The summed E-state index contributed by atoms with van der Waals surface area (Å²) in [5.74, 6) is -0.178. The van der Waals surface area contributed by atoms with E-state index in [9.17, 15) is 9.59 Å². The zero-order chi connectivity index (χ0) is 14.2. The maximum atomic E-state index is 11.7. The van der Waals surface area contributed by atoms with Crippen molar-refractivity contribution >= 4 is 5.91 Å². The van der Waals surface area contributed by atoms with Gasteiger partial charge in [-0.1, -0.05) is 0 Å². The van der Waals surface area contributed by atoms with Crippen LogP contribution in [-0.2, 0) is 4.74 Å².